The highest BCUT2D eigenvalue weighted by atomic mass is 16.5. The van der Waals surface area contributed by atoms with Gasteiger partial charge in [0.15, 0.2) is 0 Å². The van der Waals surface area contributed by atoms with Gasteiger partial charge in [0.2, 0.25) is 5.88 Å². The van der Waals surface area contributed by atoms with Crippen LogP contribution in [0.15, 0.2) is 18.2 Å². The zero-order valence-corrected chi connectivity index (χ0v) is 11.0. The molecule has 94 valence electrons. The van der Waals surface area contributed by atoms with Crippen molar-refractivity contribution in [1.82, 2.24) is 10.3 Å². The first-order valence-electron chi connectivity index (χ1n) is 6.40. The van der Waals surface area contributed by atoms with Crippen LogP contribution in [-0.2, 0) is 6.54 Å². The number of aromatic nitrogens is 1. The van der Waals surface area contributed by atoms with Crippen LogP contribution >= 0.6 is 0 Å². The summed E-state index contributed by atoms with van der Waals surface area (Å²) < 4.78 is 5.78. The van der Waals surface area contributed by atoms with Crippen molar-refractivity contribution < 1.29 is 4.74 Å². The maximum atomic E-state index is 5.78. The van der Waals surface area contributed by atoms with E-state index in [-0.39, 0.29) is 5.54 Å². The van der Waals surface area contributed by atoms with Crippen molar-refractivity contribution in [3.63, 3.8) is 0 Å². The van der Waals surface area contributed by atoms with Crippen LogP contribution in [0.2, 0.25) is 0 Å². The van der Waals surface area contributed by atoms with Gasteiger partial charge in [-0.3, -0.25) is 0 Å². The summed E-state index contributed by atoms with van der Waals surface area (Å²) in [6.07, 6.45) is 4.03. The molecule has 0 saturated heterocycles. The average molecular weight is 234 g/mol. The Kier molecular flexibility index (Phi) is 3.67. The topological polar surface area (TPSA) is 34.1 Å². The molecule has 17 heavy (non-hydrogen) atoms. The van der Waals surface area contributed by atoms with E-state index in [0.29, 0.717) is 6.10 Å². The van der Waals surface area contributed by atoms with E-state index in [1.807, 2.05) is 18.2 Å². The minimum atomic E-state index is 0.118. The van der Waals surface area contributed by atoms with Crippen LogP contribution in [-0.4, -0.2) is 16.6 Å². The van der Waals surface area contributed by atoms with Crippen LogP contribution in [0.3, 0.4) is 0 Å². The molecule has 1 fully saturated rings. The summed E-state index contributed by atoms with van der Waals surface area (Å²) in [5.74, 6) is 0.767. The number of pyridine rings is 1. The number of nitrogens with one attached hydrogen (secondary N) is 1. The summed E-state index contributed by atoms with van der Waals surface area (Å²) >= 11 is 0. The molecule has 1 aliphatic carbocycles. The minimum absolute atomic E-state index is 0.118. The van der Waals surface area contributed by atoms with Gasteiger partial charge in [-0.15, -0.1) is 0 Å². The Morgan fingerprint density at radius 2 is 2.12 bits per heavy atom. The molecule has 1 aliphatic rings. The van der Waals surface area contributed by atoms with Crippen molar-refractivity contribution >= 4 is 0 Å². The Balaban J connectivity index is 1.91. The summed E-state index contributed by atoms with van der Waals surface area (Å²) in [5.41, 5.74) is 1.16. The molecule has 1 N–H and O–H groups in total. The van der Waals surface area contributed by atoms with Gasteiger partial charge in [-0.2, -0.15) is 0 Å². The van der Waals surface area contributed by atoms with E-state index in [0.717, 1.165) is 18.1 Å². The molecule has 1 saturated carbocycles. The van der Waals surface area contributed by atoms with E-state index in [4.69, 9.17) is 4.74 Å². The van der Waals surface area contributed by atoms with Gasteiger partial charge in [0, 0.05) is 18.2 Å². The van der Waals surface area contributed by atoms with Gasteiger partial charge in [-0.25, -0.2) is 4.98 Å². The van der Waals surface area contributed by atoms with E-state index < -0.39 is 0 Å². The van der Waals surface area contributed by atoms with Crippen LogP contribution in [0.5, 0.6) is 5.88 Å². The maximum absolute atomic E-state index is 5.78. The average Bonchev–Trinajstić information content (AvgIpc) is 2.20. The largest absolute Gasteiger partial charge is 0.474 e. The van der Waals surface area contributed by atoms with E-state index in [1.54, 1.807) is 0 Å². The van der Waals surface area contributed by atoms with Crippen molar-refractivity contribution in [2.24, 2.45) is 0 Å². The second-order valence-electron chi connectivity index (χ2n) is 5.74. The van der Waals surface area contributed by atoms with Crippen molar-refractivity contribution in [2.75, 3.05) is 0 Å². The Morgan fingerprint density at radius 1 is 1.35 bits per heavy atom. The Bertz CT molecular complexity index is 367. The Labute approximate surface area is 104 Å². The molecule has 0 spiro atoms. The van der Waals surface area contributed by atoms with Crippen molar-refractivity contribution in [3.8, 4) is 5.88 Å². The third kappa shape index (κ3) is 4.00. The van der Waals surface area contributed by atoms with Gasteiger partial charge in [-0.05, 0) is 46.1 Å². The Morgan fingerprint density at radius 3 is 2.71 bits per heavy atom. The molecule has 3 heteroatoms. The third-order valence-electron chi connectivity index (χ3n) is 2.92. The van der Waals surface area contributed by atoms with Crippen LogP contribution in [0, 0.1) is 0 Å². The van der Waals surface area contributed by atoms with Gasteiger partial charge < -0.3 is 10.1 Å². The van der Waals surface area contributed by atoms with Gasteiger partial charge in [-0.1, -0.05) is 6.07 Å². The van der Waals surface area contributed by atoms with Gasteiger partial charge in [0.05, 0.1) is 5.69 Å². The van der Waals surface area contributed by atoms with Crippen molar-refractivity contribution in [1.29, 1.82) is 0 Å². The monoisotopic (exact) mass is 234 g/mol. The zero-order chi connectivity index (χ0) is 12.3. The lowest BCUT2D eigenvalue weighted by Gasteiger charge is -2.26. The second-order valence-corrected chi connectivity index (χ2v) is 5.74. The van der Waals surface area contributed by atoms with Crippen LogP contribution < -0.4 is 10.1 Å². The molecule has 3 nitrogen and oxygen atoms in total. The third-order valence-corrected chi connectivity index (χ3v) is 2.92. The highest BCUT2D eigenvalue weighted by Crippen LogP contribution is 2.23. The predicted octanol–water partition coefficient (Wildman–Crippen LogP) is 2.90. The van der Waals surface area contributed by atoms with Gasteiger partial charge >= 0.3 is 0 Å². The lowest BCUT2D eigenvalue weighted by atomic mass is 9.96. The summed E-state index contributed by atoms with van der Waals surface area (Å²) in [7, 11) is 0. The smallest absolute Gasteiger partial charge is 0.213 e. The SMILES string of the molecule is CC(C)(C)NCc1cccc(OC2CCC2)n1. The lowest BCUT2D eigenvalue weighted by molar-refractivity contribution is 0.114. The van der Waals surface area contributed by atoms with Crippen molar-refractivity contribution in [3.05, 3.63) is 23.9 Å². The second kappa shape index (κ2) is 5.05. The van der Waals surface area contributed by atoms with Crippen LogP contribution in [0.4, 0.5) is 0 Å². The zero-order valence-electron chi connectivity index (χ0n) is 11.0. The molecule has 0 bridgehead atoms. The van der Waals surface area contributed by atoms with Crippen LogP contribution in [0.25, 0.3) is 0 Å². The summed E-state index contributed by atoms with van der Waals surface area (Å²) in [6, 6.07) is 5.99. The lowest BCUT2D eigenvalue weighted by Crippen LogP contribution is -2.35. The number of rotatable bonds is 4. The summed E-state index contributed by atoms with van der Waals surface area (Å²) in [6.45, 7) is 7.25. The van der Waals surface area contributed by atoms with Gasteiger partial charge in [0.25, 0.3) is 0 Å². The van der Waals surface area contributed by atoms with Crippen molar-refractivity contribution in [2.45, 2.75) is 58.2 Å². The molecule has 0 amide bonds. The molecule has 1 aromatic heterocycles. The molecule has 1 heterocycles. The van der Waals surface area contributed by atoms with Crippen LogP contribution in [0.1, 0.15) is 45.7 Å². The molecule has 0 atom stereocenters. The number of hydrogen-bond acceptors (Lipinski definition) is 3. The normalized spacial score (nSPS) is 16.6. The highest BCUT2D eigenvalue weighted by molar-refractivity contribution is 5.16. The van der Waals surface area contributed by atoms with E-state index in [9.17, 15) is 0 Å². The molecule has 0 radical (unpaired) electrons. The first-order chi connectivity index (χ1) is 8.03. The minimum Gasteiger partial charge on any atom is -0.474 e. The number of nitrogens with zero attached hydrogens (tertiary/aromatic N) is 1. The standard InChI is InChI=1S/C14H22N2O/c1-14(2,3)15-10-11-6-4-9-13(16-11)17-12-7-5-8-12/h4,6,9,12,15H,5,7-8,10H2,1-3H3. The number of ether oxygens (including phenoxy) is 1. The van der Waals surface area contributed by atoms with E-state index >= 15 is 0 Å². The molecule has 0 aromatic carbocycles. The first-order valence-corrected chi connectivity index (χ1v) is 6.40. The molecule has 0 unspecified atom stereocenters. The fraction of sp³-hybridized carbons (Fsp3) is 0.643. The fourth-order valence-corrected chi connectivity index (χ4v) is 1.64. The summed E-state index contributed by atoms with van der Waals surface area (Å²) in [5, 5.41) is 3.43. The first kappa shape index (κ1) is 12.4. The summed E-state index contributed by atoms with van der Waals surface area (Å²) in [4.78, 5) is 4.51. The predicted molar refractivity (Wildman–Crippen MR) is 69.1 cm³/mol. The maximum Gasteiger partial charge on any atom is 0.213 e. The molecule has 2 rings (SSSR count). The Hall–Kier alpha value is -1.09. The molecular weight excluding hydrogens is 212 g/mol. The fourth-order valence-electron chi connectivity index (χ4n) is 1.64. The van der Waals surface area contributed by atoms with Gasteiger partial charge in [0.1, 0.15) is 6.10 Å². The molecule has 1 aromatic rings. The number of hydrogen-bond donors (Lipinski definition) is 1. The van der Waals surface area contributed by atoms with E-state index in [2.05, 4.69) is 31.1 Å². The highest BCUT2D eigenvalue weighted by Gasteiger charge is 2.19. The quantitative estimate of drug-likeness (QED) is 0.869. The molecular formula is C14H22N2O. The van der Waals surface area contributed by atoms with E-state index in [1.165, 1.54) is 19.3 Å². The molecule has 0 aliphatic heterocycles.